The van der Waals surface area contributed by atoms with Crippen LogP contribution in [-0.4, -0.2) is 55.3 Å². The maximum atomic E-state index is 13.0. The first-order valence-electron chi connectivity index (χ1n) is 9.54. The van der Waals surface area contributed by atoms with Crippen LogP contribution in [-0.2, 0) is 14.8 Å². The second kappa shape index (κ2) is 9.43. The second-order valence-electron chi connectivity index (χ2n) is 7.31. The fraction of sp³-hybridized carbons (Fsp3) is 0.350. The van der Waals surface area contributed by atoms with Gasteiger partial charge in [-0.1, -0.05) is 12.1 Å². The van der Waals surface area contributed by atoms with Crippen LogP contribution in [0, 0.1) is 10.1 Å². The summed E-state index contributed by atoms with van der Waals surface area (Å²) >= 11 is 3.24. The van der Waals surface area contributed by atoms with E-state index in [0.29, 0.717) is 10.2 Å². The summed E-state index contributed by atoms with van der Waals surface area (Å²) < 4.78 is 33.5. The molecule has 2 aromatic rings. The molecule has 2 unspecified atom stereocenters. The highest BCUT2D eigenvalue weighted by molar-refractivity contribution is 9.10. The van der Waals surface area contributed by atoms with E-state index in [4.69, 9.17) is 4.74 Å². The van der Waals surface area contributed by atoms with Crippen LogP contribution in [0.15, 0.2) is 51.8 Å². The Morgan fingerprint density at radius 1 is 1.23 bits per heavy atom. The van der Waals surface area contributed by atoms with E-state index in [0.717, 1.165) is 0 Å². The van der Waals surface area contributed by atoms with Gasteiger partial charge in [-0.3, -0.25) is 14.9 Å². The molecule has 3 rings (SSSR count). The number of nitro benzene ring substituents is 1. The Kier molecular flexibility index (Phi) is 7.10. The monoisotopic (exact) mass is 511 g/mol. The van der Waals surface area contributed by atoms with Crippen molar-refractivity contribution >= 4 is 43.1 Å². The van der Waals surface area contributed by atoms with Crippen LogP contribution in [0.2, 0.25) is 0 Å². The molecular formula is C20H22BrN3O6S. The molecule has 1 fully saturated rings. The summed E-state index contributed by atoms with van der Waals surface area (Å²) in [6.07, 6.45) is -0.430. The number of carbonyl (C=O) groups is 1. The first kappa shape index (κ1) is 23.3. The van der Waals surface area contributed by atoms with Gasteiger partial charge in [0.05, 0.1) is 28.6 Å². The SMILES string of the molecule is CC1CN(S(=O)(=O)c2cccc(C(=O)CNc3ccc([N+](=O)[O-])cc3Br)c2)CC(C)O1. The number of Topliss-reactive ketones (excluding diaryl/α,β-unsaturated/α-hetero) is 1. The van der Waals surface area contributed by atoms with Crippen molar-refractivity contribution in [2.24, 2.45) is 0 Å². The van der Waals surface area contributed by atoms with Crippen LogP contribution in [0.25, 0.3) is 0 Å². The van der Waals surface area contributed by atoms with Gasteiger partial charge in [-0.25, -0.2) is 8.42 Å². The van der Waals surface area contributed by atoms with Gasteiger partial charge in [0, 0.05) is 40.9 Å². The zero-order valence-electron chi connectivity index (χ0n) is 16.9. The topological polar surface area (TPSA) is 119 Å². The van der Waals surface area contributed by atoms with E-state index in [1.54, 1.807) is 6.07 Å². The van der Waals surface area contributed by atoms with Gasteiger partial charge in [0.15, 0.2) is 5.78 Å². The molecule has 1 N–H and O–H groups in total. The molecule has 2 aromatic carbocycles. The molecule has 166 valence electrons. The number of ether oxygens (including phenoxy) is 1. The van der Waals surface area contributed by atoms with Gasteiger partial charge in [0.25, 0.3) is 5.69 Å². The maximum Gasteiger partial charge on any atom is 0.270 e. The van der Waals surface area contributed by atoms with Crippen molar-refractivity contribution in [3.8, 4) is 0 Å². The first-order chi connectivity index (χ1) is 14.6. The first-order valence-corrected chi connectivity index (χ1v) is 11.8. The summed E-state index contributed by atoms with van der Waals surface area (Å²) in [5, 5.41) is 13.7. The van der Waals surface area contributed by atoms with Crippen LogP contribution in [0.3, 0.4) is 0 Å². The number of nitrogens with zero attached hydrogens (tertiary/aromatic N) is 2. The fourth-order valence-corrected chi connectivity index (χ4v) is 5.49. The smallest absolute Gasteiger partial charge is 0.270 e. The molecule has 1 saturated heterocycles. The molecule has 0 amide bonds. The van der Waals surface area contributed by atoms with Crippen LogP contribution in [0.5, 0.6) is 0 Å². The quantitative estimate of drug-likeness (QED) is 0.343. The summed E-state index contributed by atoms with van der Waals surface area (Å²) in [7, 11) is -3.76. The van der Waals surface area contributed by atoms with Crippen molar-refractivity contribution in [2.75, 3.05) is 25.0 Å². The number of carbonyl (C=O) groups excluding carboxylic acids is 1. The van der Waals surface area contributed by atoms with E-state index in [1.807, 2.05) is 13.8 Å². The lowest BCUT2D eigenvalue weighted by atomic mass is 10.1. The van der Waals surface area contributed by atoms with E-state index in [1.165, 1.54) is 40.7 Å². The zero-order valence-corrected chi connectivity index (χ0v) is 19.4. The maximum absolute atomic E-state index is 13.0. The molecular weight excluding hydrogens is 490 g/mol. The van der Waals surface area contributed by atoms with E-state index in [-0.39, 0.29) is 53.8 Å². The lowest BCUT2D eigenvalue weighted by molar-refractivity contribution is -0.384. The molecule has 1 heterocycles. The van der Waals surface area contributed by atoms with Gasteiger partial charge in [0.1, 0.15) is 0 Å². The molecule has 0 bridgehead atoms. The average Bonchev–Trinajstić information content (AvgIpc) is 2.72. The highest BCUT2D eigenvalue weighted by Crippen LogP contribution is 2.27. The van der Waals surface area contributed by atoms with Crippen molar-refractivity contribution in [3.63, 3.8) is 0 Å². The highest BCUT2D eigenvalue weighted by atomic mass is 79.9. The minimum Gasteiger partial charge on any atom is -0.377 e. The van der Waals surface area contributed by atoms with E-state index < -0.39 is 14.9 Å². The molecule has 1 aliphatic rings. The zero-order chi connectivity index (χ0) is 22.8. The summed E-state index contributed by atoms with van der Waals surface area (Å²) in [5.74, 6) is -0.314. The third-order valence-corrected chi connectivity index (χ3v) is 7.27. The molecule has 0 spiro atoms. The number of ketones is 1. The molecule has 11 heteroatoms. The Morgan fingerprint density at radius 2 is 1.90 bits per heavy atom. The Bertz CT molecular complexity index is 1100. The fourth-order valence-electron chi connectivity index (χ4n) is 3.34. The van der Waals surface area contributed by atoms with Crippen LogP contribution in [0.1, 0.15) is 24.2 Å². The van der Waals surface area contributed by atoms with Crippen molar-refractivity contribution < 1.29 is 22.9 Å². The lowest BCUT2D eigenvalue weighted by Crippen LogP contribution is -2.48. The van der Waals surface area contributed by atoms with Gasteiger partial charge in [0.2, 0.25) is 10.0 Å². The van der Waals surface area contributed by atoms with Gasteiger partial charge < -0.3 is 10.1 Å². The number of hydrogen-bond donors (Lipinski definition) is 1. The summed E-state index contributed by atoms with van der Waals surface area (Å²) in [6, 6.07) is 10.1. The lowest BCUT2D eigenvalue weighted by Gasteiger charge is -2.34. The van der Waals surface area contributed by atoms with Crippen LogP contribution >= 0.6 is 15.9 Å². The number of nitrogens with one attached hydrogen (secondary N) is 1. The van der Waals surface area contributed by atoms with Crippen molar-refractivity contribution in [1.29, 1.82) is 0 Å². The molecule has 0 aromatic heterocycles. The number of morpholine rings is 1. The van der Waals surface area contributed by atoms with Crippen molar-refractivity contribution in [1.82, 2.24) is 4.31 Å². The van der Waals surface area contributed by atoms with Gasteiger partial charge >= 0.3 is 0 Å². The molecule has 9 nitrogen and oxygen atoms in total. The molecule has 0 radical (unpaired) electrons. The average molecular weight is 512 g/mol. The predicted molar refractivity (Wildman–Crippen MR) is 119 cm³/mol. The van der Waals surface area contributed by atoms with Crippen molar-refractivity contribution in [3.05, 3.63) is 62.6 Å². The number of hydrogen-bond acceptors (Lipinski definition) is 7. The second-order valence-corrected chi connectivity index (χ2v) is 10.1. The largest absolute Gasteiger partial charge is 0.377 e. The highest BCUT2D eigenvalue weighted by Gasteiger charge is 2.32. The molecule has 0 saturated carbocycles. The van der Waals surface area contributed by atoms with Crippen molar-refractivity contribution in [2.45, 2.75) is 31.0 Å². The number of sulfonamides is 1. The number of benzene rings is 2. The number of non-ortho nitro benzene ring substituents is 1. The minimum atomic E-state index is -3.76. The van der Waals surface area contributed by atoms with Gasteiger partial charge in [-0.2, -0.15) is 4.31 Å². The molecule has 1 aliphatic heterocycles. The van der Waals surface area contributed by atoms with E-state index >= 15 is 0 Å². The minimum absolute atomic E-state index is 0.0520. The van der Waals surface area contributed by atoms with Gasteiger partial charge in [-0.05, 0) is 48.0 Å². The molecule has 31 heavy (non-hydrogen) atoms. The predicted octanol–water partition coefficient (Wildman–Crippen LogP) is 3.45. The number of anilines is 1. The van der Waals surface area contributed by atoms with E-state index in [2.05, 4.69) is 21.2 Å². The summed E-state index contributed by atoms with van der Waals surface area (Å²) in [6.45, 7) is 4.03. The summed E-state index contributed by atoms with van der Waals surface area (Å²) in [5.41, 5.74) is 0.688. The third kappa shape index (κ3) is 5.48. The Hall–Kier alpha value is -2.34. The molecule has 2 atom stereocenters. The number of halogens is 1. The van der Waals surface area contributed by atoms with E-state index in [9.17, 15) is 23.3 Å². The molecule has 0 aliphatic carbocycles. The van der Waals surface area contributed by atoms with Gasteiger partial charge in [-0.15, -0.1) is 0 Å². The summed E-state index contributed by atoms with van der Waals surface area (Å²) in [4.78, 5) is 23.0. The number of rotatable bonds is 7. The van der Waals surface area contributed by atoms with Crippen LogP contribution in [0.4, 0.5) is 11.4 Å². The third-order valence-electron chi connectivity index (χ3n) is 4.78. The Labute approximate surface area is 188 Å². The number of nitro groups is 1. The normalized spacial score (nSPS) is 19.7. The Balaban J connectivity index is 1.74. The standard InChI is InChI=1S/C20H22BrN3O6S/c1-13-11-23(12-14(2)30-13)31(28,29)17-5-3-4-15(8-17)20(25)10-22-19-7-6-16(24(26)27)9-18(19)21/h3-9,13-14,22H,10-12H2,1-2H3. The van der Waals surface area contributed by atoms with Crippen LogP contribution < -0.4 is 5.32 Å². The Morgan fingerprint density at radius 3 is 2.52 bits per heavy atom.